The van der Waals surface area contributed by atoms with E-state index in [-0.39, 0.29) is 29.4 Å². The molecular weight excluding hydrogens is 505 g/mol. The minimum Gasteiger partial charge on any atom is -0.355 e. The Labute approximate surface area is 205 Å². The third kappa shape index (κ3) is 6.81. The highest BCUT2D eigenvalue weighted by Gasteiger charge is 2.35. The lowest BCUT2D eigenvalue weighted by molar-refractivity contribution is 0.0899. The molecule has 1 atom stereocenters. The molecule has 0 bridgehead atoms. The molecule has 1 aromatic heterocycles. The molecule has 0 spiro atoms. The Morgan fingerprint density at radius 2 is 1.83 bits per heavy atom. The molecule has 1 unspecified atom stereocenters. The molecule has 172 valence electrons. The van der Waals surface area contributed by atoms with Crippen molar-refractivity contribution in [3.63, 3.8) is 0 Å². The van der Waals surface area contributed by atoms with Crippen LogP contribution in [0.3, 0.4) is 0 Å². The van der Waals surface area contributed by atoms with Crippen LogP contribution >= 0.6 is 35.3 Å². The molecule has 0 radical (unpaired) electrons. The van der Waals surface area contributed by atoms with Gasteiger partial charge in [-0.15, -0.1) is 35.3 Å². The average molecular weight is 548 g/mol. The number of halogens is 1. The van der Waals surface area contributed by atoms with Gasteiger partial charge in [0.25, 0.3) is 0 Å². The van der Waals surface area contributed by atoms with Crippen LogP contribution in [0.1, 0.15) is 50.8 Å². The molecule has 2 fully saturated rings. The summed E-state index contributed by atoms with van der Waals surface area (Å²) >= 11 is 1.92. The number of nitrogens with zero attached hydrogens (tertiary/aromatic N) is 3. The van der Waals surface area contributed by atoms with Crippen molar-refractivity contribution >= 4 is 41.3 Å². The Morgan fingerprint density at radius 1 is 1.13 bits per heavy atom. The fourth-order valence-electron chi connectivity index (χ4n) is 4.93. The van der Waals surface area contributed by atoms with Crippen LogP contribution in [-0.4, -0.2) is 75.2 Å². The molecular formula is C23H42IN5S. The number of piperazine rings is 1. The second-order valence-electron chi connectivity index (χ2n) is 9.28. The van der Waals surface area contributed by atoms with Gasteiger partial charge >= 0.3 is 0 Å². The molecule has 1 saturated carbocycles. The van der Waals surface area contributed by atoms with Gasteiger partial charge in [-0.25, -0.2) is 0 Å². The van der Waals surface area contributed by atoms with Crippen molar-refractivity contribution in [2.75, 3.05) is 53.4 Å². The standard InChI is InChI=1S/C23H41N5S.HI/c1-19(2)20(28-14-12-27(4)13-15-28)17-25-22(24-3)26-18-23(10-6-5-7-11-23)21-9-8-16-29-21;/h8-9,16,19-20H,5-7,10-15,17-18H2,1-4H3,(H2,24,25,26);1H. The first-order valence-corrected chi connectivity index (χ1v) is 12.3. The van der Waals surface area contributed by atoms with E-state index in [0.717, 1.165) is 32.1 Å². The minimum absolute atomic E-state index is 0. The predicted octanol–water partition coefficient (Wildman–Crippen LogP) is 4.01. The van der Waals surface area contributed by atoms with Gasteiger partial charge in [0.05, 0.1) is 0 Å². The summed E-state index contributed by atoms with van der Waals surface area (Å²) in [5.74, 6) is 1.58. The summed E-state index contributed by atoms with van der Waals surface area (Å²) in [5, 5.41) is 9.56. The molecule has 1 aliphatic heterocycles. The zero-order chi connectivity index (χ0) is 20.7. The number of guanidine groups is 1. The molecule has 0 amide bonds. The second kappa shape index (κ2) is 12.6. The summed E-state index contributed by atoms with van der Waals surface area (Å²) in [5.41, 5.74) is 0.277. The van der Waals surface area contributed by atoms with Gasteiger partial charge in [0.15, 0.2) is 5.96 Å². The van der Waals surface area contributed by atoms with E-state index in [0.29, 0.717) is 12.0 Å². The van der Waals surface area contributed by atoms with Gasteiger partial charge in [0.2, 0.25) is 0 Å². The Bertz CT molecular complexity index is 620. The third-order valence-electron chi connectivity index (χ3n) is 6.93. The van der Waals surface area contributed by atoms with Gasteiger partial charge in [0, 0.05) is 62.7 Å². The van der Waals surface area contributed by atoms with Crippen LogP contribution in [0.4, 0.5) is 0 Å². The summed E-state index contributed by atoms with van der Waals surface area (Å²) in [7, 11) is 4.12. The number of hydrogen-bond donors (Lipinski definition) is 2. The van der Waals surface area contributed by atoms with E-state index in [1.807, 2.05) is 18.4 Å². The zero-order valence-corrected chi connectivity index (χ0v) is 22.5. The van der Waals surface area contributed by atoms with Crippen LogP contribution in [0.25, 0.3) is 0 Å². The second-order valence-corrected chi connectivity index (χ2v) is 10.2. The summed E-state index contributed by atoms with van der Waals surface area (Å²) in [6.45, 7) is 11.3. The minimum atomic E-state index is 0. The Kier molecular flexibility index (Phi) is 10.9. The Morgan fingerprint density at radius 3 is 2.40 bits per heavy atom. The molecule has 3 rings (SSSR count). The first-order valence-electron chi connectivity index (χ1n) is 11.5. The first kappa shape index (κ1) is 25.9. The van der Waals surface area contributed by atoms with Gasteiger partial charge in [-0.1, -0.05) is 39.2 Å². The summed E-state index contributed by atoms with van der Waals surface area (Å²) < 4.78 is 0. The normalized spacial score (nSPS) is 21.8. The summed E-state index contributed by atoms with van der Waals surface area (Å²) in [6, 6.07) is 5.08. The van der Waals surface area contributed by atoms with Crippen LogP contribution in [0.15, 0.2) is 22.5 Å². The van der Waals surface area contributed by atoms with Crippen molar-refractivity contribution in [2.24, 2.45) is 10.9 Å². The van der Waals surface area contributed by atoms with Crippen LogP contribution in [0, 0.1) is 5.92 Å². The SMILES string of the molecule is CN=C(NCC(C(C)C)N1CCN(C)CC1)NCC1(c2cccs2)CCCCC1.I. The third-order valence-corrected chi connectivity index (χ3v) is 8.04. The quantitative estimate of drug-likeness (QED) is 0.308. The number of rotatable bonds is 7. The fourth-order valence-corrected chi connectivity index (χ4v) is 5.92. The zero-order valence-electron chi connectivity index (χ0n) is 19.3. The highest BCUT2D eigenvalue weighted by Crippen LogP contribution is 2.41. The largest absolute Gasteiger partial charge is 0.355 e. The monoisotopic (exact) mass is 547 g/mol. The molecule has 0 aromatic carbocycles. The van der Waals surface area contributed by atoms with Gasteiger partial charge in [-0.05, 0) is 37.3 Å². The van der Waals surface area contributed by atoms with Crippen LogP contribution in [-0.2, 0) is 5.41 Å². The number of likely N-dealkylation sites (N-methyl/N-ethyl adjacent to an activating group) is 1. The van der Waals surface area contributed by atoms with Crippen LogP contribution in [0.2, 0.25) is 0 Å². The maximum Gasteiger partial charge on any atom is 0.191 e. The molecule has 1 aromatic rings. The fraction of sp³-hybridized carbons (Fsp3) is 0.783. The van der Waals surface area contributed by atoms with E-state index in [1.165, 1.54) is 50.1 Å². The number of aliphatic imine (C=N–C) groups is 1. The van der Waals surface area contributed by atoms with Gasteiger partial charge in [-0.2, -0.15) is 0 Å². The molecule has 1 aliphatic carbocycles. The van der Waals surface area contributed by atoms with Crippen molar-refractivity contribution in [1.82, 2.24) is 20.4 Å². The first-order chi connectivity index (χ1) is 14.0. The maximum atomic E-state index is 4.54. The lowest BCUT2D eigenvalue weighted by atomic mass is 9.73. The lowest BCUT2D eigenvalue weighted by Crippen LogP contribution is -2.55. The summed E-state index contributed by atoms with van der Waals surface area (Å²) in [6.07, 6.45) is 6.62. The van der Waals surface area contributed by atoms with Crippen LogP contribution in [0.5, 0.6) is 0 Å². The Balaban J connectivity index is 0.00000320. The molecule has 2 heterocycles. The molecule has 30 heavy (non-hydrogen) atoms. The average Bonchev–Trinajstić information content (AvgIpc) is 3.28. The van der Waals surface area contributed by atoms with E-state index in [1.54, 1.807) is 0 Å². The van der Waals surface area contributed by atoms with Gasteiger partial charge in [0.1, 0.15) is 0 Å². The van der Waals surface area contributed by atoms with Crippen molar-refractivity contribution < 1.29 is 0 Å². The van der Waals surface area contributed by atoms with Gasteiger partial charge < -0.3 is 15.5 Å². The number of hydrogen-bond acceptors (Lipinski definition) is 4. The maximum absolute atomic E-state index is 4.54. The molecule has 1 saturated heterocycles. The number of thiophene rings is 1. The van der Waals surface area contributed by atoms with Crippen molar-refractivity contribution in [3.8, 4) is 0 Å². The van der Waals surface area contributed by atoms with E-state index in [4.69, 9.17) is 0 Å². The van der Waals surface area contributed by atoms with E-state index >= 15 is 0 Å². The van der Waals surface area contributed by atoms with Crippen LogP contribution < -0.4 is 10.6 Å². The topological polar surface area (TPSA) is 42.9 Å². The lowest BCUT2D eigenvalue weighted by Gasteiger charge is -2.40. The van der Waals surface area contributed by atoms with E-state index < -0.39 is 0 Å². The molecule has 7 heteroatoms. The Hall–Kier alpha value is -0.380. The summed E-state index contributed by atoms with van der Waals surface area (Å²) in [4.78, 5) is 11.2. The molecule has 2 N–H and O–H groups in total. The van der Waals surface area contributed by atoms with Crippen molar-refractivity contribution in [3.05, 3.63) is 22.4 Å². The highest BCUT2D eigenvalue weighted by molar-refractivity contribution is 14.0. The predicted molar refractivity (Wildman–Crippen MR) is 142 cm³/mol. The van der Waals surface area contributed by atoms with Gasteiger partial charge in [-0.3, -0.25) is 9.89 Å². The number of nitrogens with one attached hydrogen (secondary N) is 2. The highest BCUT2D eigenvalue weighted by atomic mass is 127. The van der Waals surface area contributed by atoms with Crippen molar-refractivity contribution in [2.45, 2.75) is 57.4 Å². The molecule has 5 nitrogen and oxygen atoms in total. The smallest absolute Gasteiger partial charge is 0.191 e. The van der Waals surface area contributed by atoms with E-state index in [2.05, 4.69) is 63.8 Å². The van der Waals surface area contributed by atoms with Crippen molar-refractivity contribution in [1.29, 1.82) is 0 Å². The van der Waals surface area contributed by atoms with E-state index in [9.17, 15) is 0 Å². The molecule has 2 aliphatic rings.